The number of aromatic nitrogens is 2. The predicted molar refractivity (Wildman–Crippen MR) is 153 cm³/mol. The van der Waals surface area contributed by atoms with Crippen LogP contribution in [-0.2, 0) is 4.79 Å². The Morgan fingerprint density at radius 2 is 2.18 bits per heavy atom. The van der Waals surface area contributed by atoms with Crippen LogP contribution in [0.15, 0.2) is 60.7 Å². The second kappa shape index (κ2) is 11.1. The molecule has 39 heavy (non-hydrogen) atoms. The second-order valence-electron chi connectivity index (χ2n) is 9.81. The van der Waals surface area contributed by atoms with Crippen LogP contribution in [0.3, 0.4) is 0 Å². The van der Waals surface area contributed by atoms with Gasteiger partial charge in [0, 0.05) is 42.5 Å². The predicted octanol–water partition coefficient (Wildman–Crippen LogP) is 4.64. The number of carbonyl (C=O) groups excluding carboxylic acids is 1. The standard InChI is InChI=1S/C28H31ClFN7O2/c1-5-25(38)33-21-11-22(24(39-4)12-23(21)37-10-9-16(15-37)36(2)3)34-28-32-14-18(29)27(35-28)17-13-31-20-8-6-7-19(30)26(17)20/h5-7,11-14,16,20,31H,1,8-10,15H2,2-4H3,(H,33,38)(H,32,34,35)/t16-,20?/m1/s1. The van der Waals surface area contributed by atoms with Gasteiger partial charge in [0.25, 0.3) is 0 Å². The molecule has 1 aromatic carbocycles. The Morgan fingerprint density at radius 1 is 1.36 bits per heavy atom. The smallest absolute Gasteiger partial charge is 0.247 e. The van der Waals surface area contributed by atoms with E-state index in [0.717, 1.165) is 25.2 Å². The maximum Gasteiger partial charge on any atom is 0.247 e. The summed E-state index contributed by atoms with van der Waals surface area (Å²) in [6.07, 6.45) is 9.38. The van der Waals surface area contributed by atoms with E-state index in [1.54, 1.807) is 25.5 Å². The van der Waals surface area contributed by atoms with Crippen molar-refractivity contribution in [1.29, 1.82) is 0 Å². The molecule has 0 radical (unpaired) electrons. The second-order valence-corrected chi connectivity index (χ2v) is 10.2. The minimum Gasteiger partial charge on any atom is -0.494 e. The molecule has 9 nitrogen and oxygen atoms in total. The summed E-state index contributed by atoms with van der Waals surface area (Å²) in [5.41, 5.74) is 3.51. The van der Waals surface area contributed by atoms with Crippen LogP contribution in [0.25, 0.3) is 5.57 Å². The summed E-state index contributed by atoms with van der Waals surface area (Å²) < 4.78 is 20.4. The molecule has 2 aliphatic heterocycles. The molecule has 1 saturated heterocycles. The highest BCUT2D eigenvalue weighted by molar-refractivity contribution is 6.32. The van der Waals surface area contributed by atoms with Gasteiger partial charge in [-0.3, -0.25) is 4.79 Å². The number of allylic oxidation sites excluding steroid dienone is 2. The van der Waals surface area contributed by atoms with E-state index in [2.05, 4.69) is 56.4 Å². The number of nitrogens with zero attached hydrogens (tertiary/aromatic N) is 4. The van der Waals surface area contributed by atoms with Crippen molar-refractivity contribution in [2.45, 2.75) is 24.9 Å². The number of halogens is 2. The third-order valence-corrected chi connectivity index (χ3v) is 7.48. The number of anilines is 4. The molecule has 1 unspecified atom stereocenters. The van der Waals surface area contributed by atoms with E-state index in [1.807, 2.05) is 6.07 Å². The molecule has 0 saturated carbocycles. The first kappa shape index (κ1) is 26.7. The fraction of sp³-hybridized carbons (Fsp3) is 0.321. The molecule has 2 atom stereocenters. The first-order chi connectivity index (χ1) is 18.8. The molecule has 11 heteroatoms. The molecule has 0 bridgehead atoms. The molecular weight excluding hydrogens is 521 g/mol. The van der Waals surface area contributed by atoms with Gasteiger partial charge in [-0.1, -0.05) is 24.3 Å². The Kier molecular flexibility index (Phi) is 7.58. The highest BCUT2D eigenvalue weighted by atomic mass is 35.5. The van der Waals surface area contributed by atoms with Crippen molar-refractivity contribution in [2.75, 3.05) is 49.8 Å². The number of rotatable bonds is 8. The Bertz CT molecular complexity index is 1400. The van der Waals surface area contributed by atoms with Gasteiger partial charge in [0.15, 0.2) is 0 Å². The molecular formula is C28H31ClFN7O2. The summed E-state index contributed by atoms with van der Waals surface area (Å²) in [6, 6.07) is 3.92. The minimum atomic E-state index is -0.326. The summed E-state index contributed by atoms with van der Waals surface area (Å²) >= 11 is 6.47. The van der Waals surface area contributed by atoms with Crippen LogP contribution in [0.4, 0.5) is 27.4 Å². The van der Waals surface area contributed by atoms with Gasteiger partial charge in [0.05, 0.1) is 47.1 Å². The van der Waals surface area contributed by atoms with E-state index in [-0.39, 0.29) is 23.7 Å². The van der Waals surface area contributed by atoms with Gasteiger partial charge in [0.1, 0.15) is 11.6 Å². The van der Waals surface area contributed by atoms with E-state index < -0.39 is 0 Å². The fourth-order valence-corrected chi connectivity index (χ4v) is 5.30. The number of amides is 1. The molecule has 3 N–H and O–H groups in total. The van der Waals surface area contributed by atoms with Gasteiger partial charge in [-0.25, -0.2) is 14.4 Å². The van der Waals surface area contributed by atoms with E-state index in [0.29, 0.717) is 51.4 Å². The van der Waals surface area contributed by atoms with Gasteiger partial charge in [-0.2, -0.15) is 0 Å². The van der Waals surface area contributed by atoms with Crippen molar-refractivity contribution in [3.8, 4) is 5.75 Å². The number of hydrogen-bond acceptors (Lipinski definition) is 8. The molecule has 5 rings (SSSR count). The number of benzene rings is 1. The van der Waals surface area contributed by atoms with Gasteiger partial charge in [-0.05, 0) is 45.2 Å². The average Bonchev–Trinajstić information content (AvgIpc) is 3.59. The maximum absolute atomic E-state index is 14.7. The lowest BCUT2D eigenvalue weighted by Gasteiger charge is -2.25. The number of hydrogen-bond donors (Lipinski definition) is 3. The number of ether oxygens (including phenoxy) is 1. The van der Waals surface area contributed by atoms with Gasteiger partial charge in [-0.15, -0.1) is 0 Å². The molecule has 3 heterocycles. The average molecular weight is 552 g/mol. The maximum atomic E-state index is 14.7. The zero-order chi connectivity index (χ0) is 27.7. The Labute approximate surface area is 232 Å². The van der Waals surface area contributed by atoms with Crippen LogP contribution < -0.4 is 25.6 Å². The van der Waals surface area contributed by atoms with Crippen LogP contribution >= 0.6 is 11.6 Å². The first-order valence-corrected chi connectivity index (χ1v) is 13.1. The molecule has 3 aliphatic rings. The Morgan fingerprint density at radius 3 is 2.90 bits per heavy atom. The zero-order valence-corrected chi connectivity index (χ0v) is 22.8. The van der Waals surface area contributed by atoms with Crippen molar-refractivity contribution in [2.24, 2.45) is 0 Å². The topological polar surface area (TPSA) is 94.6 Å². The van der Waals surface area contributed by atoms with Crippen LogP contribution in [0, 0.1) is 0 Å². The summed E-state index contributed by atoms with van der Waals surface area (Å²) in [6.45, 7) is 5.24. The van der Waals surface area contributed by atoms with Gasteiger partial charge < -0.3 is 30.5 Å². The van der Waals surface area contributed by atoms with Crippen molar-refractivity contribution < 1.29 is 13.9 Å². The monoisotopic (exact) mass is 551 g/mol. The number of likely N-dealkylation sites (N-methyl/N-ethyl adjacent to an activating group) is 1. The molecule has 1 aliphatic carbocycles. The zero-order valence-electron chi connectivity index (χ0n) is 22.1. The SMILES string of the molecule is C=CC(=O)Nc1cc(Nc2ncc(Cl)c(C3=CNC4CC=CC(F)=C34)n2)c(OC)cc1N1CC[C@@H](N(C)C)C1. The Balaban J connectivity index is 1.49. The third-order valence-electron chi connectivity index (χ3n) is 7.20. The molecule has 1 aromatic heterocycles. The van der Waals surface area contributed by atoms with E-state index >= 15 is 0 Å². The van der Waals surface area contributed by atoms with Crippen molar-refractivity contribution >= 4 is 46.1 Å². The quantitative estimate of drug-likeness (QED) is 0.408. The molecule has 0 spiro atoms. The Hall–Kier alpha value is -3.89. The van der Waals surface area contributed by atoms with Crippen LogP contribution in [-0.4, -0.2) is 67.2 Å². The van der Waals surface area contributed by atoms with E-state index in [4.69, 9.17) is 16.3 Å². The summed E-state index contributed by atoms with van der Waals surface area (Å²) in [7, 11) is 5.71. The third kappa shape index (κ3) is 5.35. The normalized spacial score (nSPS) is 20.1. The van der Waals surface area contributed by atoms with Crippen LogP contribution in [0.2, 0.25) is 5.02 Å². The van der Waals surface area contributed by atoms with Gasteiger partial charge >= 0.3 is 0 Å². The number of carbonyl (C=O) groups is 1. The summed E-state index contributed by atoms with van der Waals surface area (Å²) in [5.74, 6) is 0.146. The largest absolute Gasteiger partial charge is 0.494 e. The minimum absolute atomic E-state index is 0.159. The summed E-state index contributed by atoms with van der Waals surface area (Å²) in [5, 5.41) is 9.61. The van der Waals surface area contributed by atoms with E-state index in [1.165, 1.54) is 18.3 Å². The molecule has 204 valence electrons. The lowest BCUT2D eigenvalue weighted by atomic mass is 9.93. The first-order valence-electron chi connectivity index (χ1n) is 12.7. The lowest BCUT2D eigenvalue weighted by molar-refractivity contribution is -0.111. The molecule has 1 fully saturated rings. The fourth-order valence-electron chi connectivity index (χ4n) is 5.11. The van der Waals surface area contributed by atoms with Crippen molar-refractivity contribution in [1.82, 2.24) is 20.2 Å². The number of nitrogens with one attached hydrogen (secondary N) is 3. The van der Waals surface area contributed by atoms with Crippen LogP contribution in [0.1, 0.15) is 18.5 Å². The van der Waals surface area contributed by atoms with Crippen LogP contribution in [0.5, 0.6) is 5.75 Å². The van der Waals surface area contributed by atoms with Crippen molar-refractivity contribution in [3.63, 3.8) is 0 Å². The molecule has 2 aromatic rings. The summed E-state index contributed by atoms with van der Waals surface area (Å²) in [4.78, 5) is 25.7. The van der Waals surface area contributed by atoms with E-state index in [9.17, 15) is 9.18 Å². The van der Waals surface area contributed by atoms with Gasteiger partial charge in [0.2, 0.25) is 11.9 Å². The number of methoxy groups -OCH3 is 1. The molecule has 1 amide bonds. The highest BCUT2D eigenvalue weighted by Gasteiger charge is 2.31. The number of fused-ring (bicyclic) bond motifs is 1. The lowest BCUT2D eigenvalue weighted by Crippen LogP contribution is -2.31. The highest BCUT2D eigenvalue weighted by Crippen LogP contribution is 2.41. The van der Waals surface area contributed by atoms with Crippen molar-refractivity contribution in [3.05, 3.63) is 71.5 Å².